The van der Waals surface area contributed by atoms with Crippen LogP contribution in [0.2, 0.25) is 0 Å². The van der Waals surface area contributed by atoms with E-state index in [2.05, 4.69) is 32.6 Å². The maximum atomic E-state index is 13.1. The second kappa shape index (κ2) is 6.61. The molecule has 0 spiro atoms. The van der Waals surface area contributed by atoms with Gasteiger partial charge in [-0.3, -0.25) is 0 Å². The topological polar surface area (TPSA) is 70.8 Å². The van der Waals surface area contributed by atoms with Crippen molar-refractivity contribution in [3.05, 3.63) is 44.8 Å². The summed E-state index contributed by atoms with van der Waals surface area (Å²) in [6.07, 6.45) is -2.98. The van der Waals surface area contributed by atoms with E-state index in [-0.39, 0.29) is 10.8 Å². The van der Waals surface area contributed by atoms with Gasteiger partial charge < -0.3 is 14.4 Å². The summed E-state index contributed by atoms with van der Waals surface area (Å²) in [5.74, 6) is -2.15. The van der Waals surface area contributed by atoms with Crippen molar-refractivity contribution in [2.45, 2.75) is 57.5 Å². The molecule has 2 aliphatic heterocycles. The summed E-state index contributed by atoms with van der Waals surface area (Å²) in [5.41, 5.74) is -0.336. The predicted octanol–water partition coefficient (Wildman–Crippen LogP) is 4.99. The smallest absolute Gasteiger partial charge is 0.423 e. The van der Waals surface area contributed by atoms with Crippen molar-refractivity contribution >= 4 is 28.7 Å². The fourth-order valence-electron chi connectivity index (χ4n) is 4.69. The first kappa shape index (κ1) is 21.5. The average Bonchev–Trinajstić information content (AvgIpc) is 2.62. The van der Waals surface area contributed by atoms with Gasteiger partial charge in [0.1, 0.15) is 11.2 Å². The first-order valence-electron chi connectivity index (χ1n) is 10.2. The lowest BCUT2D eigenvalue weighted by Gasteiger charge is -2.48. The molecule has 1 N–H and O–H groups in total. The molecular formula is C23H24F3NO4. The van der Waals surface area contributed by atoms with E-state index in [9.17, 15) is 22.8 Å². The normalized spacial score (nSPS) is 20.0. The quantitative estimate of drug-likeness (QED) is 0.532. The van der Waals surface area contributed by atoms with Crippen LogP contribution in [0, 0.1) is 0 Å². The summed E-state index contributed by atoms with van der Waals surface area (Å²) in [7, 11) is 0. The molecule has 0 amide bonds. The third-order valence-corrected chi connectivity index (χ3v) is 6.59. The van der Waals surface area contributed by atoms with E-state index >= 15 is 0 Å². The third kappa shape index (κ3) is 3.42. The molecule has 0 fully saturated rings. The second-order valence-corrected chi connectivity index (χ2v) is 9.67. The Balaban J connectivity index is 2.06. The number of halogens is 3. The van der Waals surface area contributed by atoms with Crippen molar-refractivity contribution < 1.29 is 27.5 Å². The molecule has 4 rings (SSSR count). The number of anilines is 1. The summed E-state index contributed by atoms with van der Waals surface area (Å²) in [6.45, 7) is 10.2. The van der Waals surface area contributed by atoms with Crippen LogP contribution in [0.25, 0.3) is 17.0 Å². The number of fused-ring (bicyclic) bond motifs is 2. The Labute approximate surface area is 177 Å². The highest BCUT2D eigenvalue weighted by Gasteiger charge is 2.42. The molecule has 0 atom stereocenters. The summed E-state index contributed by atoms with van der Waals surface area (Å²) >= 11 is 0. The highest BCUT2D eigenvalue weighted by Crippen LogP contribution is 2.51. The van der Waals surface area contributed by atoms with Gasteiger partial charge in [-0.1, -0.05) is 27.7 Å². The van der Waals surface area contributed by atoms with Gasteiger partial charge in [-0.2, -0.15) is 13.2 Å². The minimum absolute atomic E-state index is 0.160. The van der Waals surface area contributed by atoms with E-state index < -0.39 is 28.9 Å². The van der Waals surface area contributed by atoms with E-state index in [1.807, 2.05) is 6.07 Å². The molecule has 1 aromatic heterocycles. The van der Waals surface area contributed by atoms with E-state index in [4.69, 9.17) is 9.52 Å². The van der Waals surface area contributed by atoms with E-state index in [1.165, 1.54) is 6.07 Å². The van der Waals surface area contributed by atoms with E-state index in [0.717, 1.165) is 42.7 Å². The van der Waals surface area contributed by atoms with Gasteiger partial charge in [-0.15, -0.1) is 0 Å². The molecule has 3 heterocycles. The number of alkyl halides is 3. The van der Waals surface area contributed by atoms with Crippen molar-refractivity contribution in [3.63, 3.8) is 0 Å². The molecule has 0 saturated carbocycles. The number of hydrogen-bond acceptors (Lipinski definition) is 4. The number of carbonyl (C=O) groups is 1. The molecule has 2 aromatic rings. The van der Waals surface area contributed by atoms with Crippen LogP contribution in [0.5, 0.6) is 0 Å². The van der Waals surface area contributed by atoms with Crippen LogP contribution in [0.15, 0.2) is 26.9 Å². The van der Waals surface area contributed by atoms with Crippen LogP contribution in [-0.4, -0.2) is 30.3 Å². The molecular weight excluding hydrogens is 411 g/mol. The first-order chi connectivity index (χ1) is 14.2. The molecule has 5 nitrogen and oxygen atoms in total. The highest BCUT2D eigenvalue weighted by atomic mass is 19.4. The SMILES string of the molecule is CC1(C)CCN2CCC(C)(C)c3c2c1cc1cc(C=C(C(=O)O)C(F)(F)F)c(=O)oc31. The Bertz CT molecular complexity index is 1190. The van der Waals surface area contributed by atoms with Gasteiger partial charge in [0, 0.05) is 29.7 Å². The zero-order chi connectivity index (χ0) is 22.9. The number of carboxylic acids is 1. The molecule has 0 bridgehead atoms. The number of rotatable bonds is 2. The van der Waals surface area contributed by atoms with Crippen LogP contribution in [0.1, 0.15) is 57.2 Å². The van der Waals surface area contributed by atoms with Crippen LogP contribution >= 0.6 is 0 Å². The van der Waals surface area contributed by atoms with E-state index in [0.29, 0.717) is 17.0 Å². The molecule has 2 aliphatic rings. The molecule has 1 aromatic carbocycles. The lowest BCUT2D eigenvalue weighted by atomic mass is 9.69. The molecule has 31 heavy (non-hydrogen) atoms. The lowest BCUT2D eigenvalue weighted by Crippen LogP contribution is -2.44. The summed E-state index contributed by atoms with van der Waals surface area (Å²) in [6, 6.07) is 3.18. The van der Waals surface area contributed by atoms with Gasteiger partial charge in [0.05, 0.1) is 5.56 Å². The summed E-state index contributed by atoms with van der Waals surface area (Å²) in [4.78, 5) is 26.0. The second-order valence-electron chi connectivity index (χ2n) is 9.67. The van der Waals surface area contributed by atoms with Gasteiger partial charge in [-0.25, -0.2) is 9.59 Å². The molecule has 0 aliphatic carbocycles. The van der Waals surface area contributed by atoms with E-state index in [1.54, 1.807) is 0 Å². The Morgan fingerprint density at radius 3 is 2.32 bits per heavy atom. The third-order valence-electron chi connectivity index (χ3n) is 6.59. The van der Waals surface area contributed by atoms with Gasteiger partial charge in [-0.05, 0) is 47.4 Å². The van der Waals surface area contributed by atoms with Gasteiger partial charge >= 0.3 is 17.8 Å². The largest absolute Gasteiger partial charge is 0.478 e. The average molecular weight is 435 g/mol. The van der Waals surface area contributed by atoms with Crippen molar-refractivity contribution in [1.29, 1.82) is 0 Å². The predicted molar refractivity (Wildman–Crippen MR) is 112 cm³/mol. The number of nitrogens with zero attached hydrogens (tertiary/aromatic N) is 1. The standard InChI is InChI=1S/C23H24F3NO4/c1-21(2)5-7-27-8-6-22(3,4)16-17(27)14(21)10-12-9-13(20(30)31-18(12)16)11-15(19(28)29)23(24,25)26/h9-11H,5-8H2,1-4H3,(H,28,29). The van der Waals surface area contributed by atoms with Crippen molar-refractivity contribution in [3.8, 4) is 0 Å². The molecule has 0 radical (unpaired) electrons. The number of carboxylic acid groups (broad SMARTS) is 1. The molecule has 0 saturated heterocycles. The minimum atomic E-state index is -5.10. The number of hydrogen-bond donors (Lipinski definition) is 1. The molecule has 8 heteroatoms. The summed E-state index contributed by atoms with van der Waals surface area (Å²) in [5, 5.41) is 9.46. The fourth-order valence-corrected chi connectivity index (χ4v) is 4.69. The van der Waals surface area contributed by atoms with Crippen molar-refractivity contribution in [1.82, 2.24) is 0 Å². The zero-order valence-electron chi connectivity index (χ0n) is 17.8. The number of benzene rings is 1. The Morgan fingerprint density at radius 2 is 1.74 bits per heavy atom. The molecule has 166 valence electrons. The zero-order valence-corrected chi connectivity index (χ0v) is 17.8. The summed E-state index contributed by atoms with van der Waals surface area (Å²) < 4.78 is 44.9. The Morgan fingerprint density at radius 1 is 1.13 bits per heavy atom. The maximum Gasteiger partial charge on any atom is 0.423 e. The van der Waals surface area contributed by atoms with Crippen molar-refractivity contribution in [2.75, 3.05) is 18.0 Å². The van der Waals surface area contributed by atoms with Crippen LogP contribution in [-0.2, 0) is 15.6 Å². The number of aliphatic carboxylic acids is 1. The fraction of sp³-hybridized carbons (Fsp3) is 0.478. The van der Waals surface area contributed by atoms with Crippen molar-refractivity contribution in [2.24, 2.45) is 0 Å². The van der Waals surface area contributed by atoms with Crippen LogP contribution < -0.4 is 10.5 Å². The van der Waals surface area contributed by atoms with Gasteiger partial charge in [0.25, 0.3) is 0 Å². The minimum Gasteiger partial charge on any atom is -0.478 e. The van der Waals surface area contributed by atoms with Gasteiger partial charge in [0.15, 0.2) is 0 Å². The maximum absolute atomic E-state index is 13.1. The molecule has 0 unspecified atom stereocenters. The Kier molecular flexibility index (Phi) is 4.58. The first-order valence-corrected chi connectivity index (χ1v) is 10.2. The Hall–Kier alpha value is -2.77. The van der Waals surface area contributed by atoms with Gasteiger partial charge in [0.2, 0.25) is 0 Å². The van der Waals surface area contributed by atoms with Crippen LogP contribution in [0.3, 0.4) is 0 Å². The monoisotopic (exact) mass is 435 g/mol. The van der Waals surface area contributed by atoms with Crippen LogP contribution in [0.4, 0.5) is 18.9 Å². The lowest BCUT2D eigenvalue weighted by molar-refractivity contribution is -0.144. The highest BCUT2D eigenvalue weighted by molar-refractivity contribution is 5.95.